The number of rotatable bonds is 1. The molecular weight excluding hydrogens is 195 g/mol. The van der Waals surface area contributed by atoms with E-state index in [1.807, 2.05) is 0 Å². The zero-order chi connectivity index (χ0) is 10.2. The molecule has 0 spiro atoms. The number of aromatic nitrogens is 2. The maximum Gasteiger partial charge on any atom is 0.408 e. The van der Waals surface area contributed by atoms with Crippen molar-refractivity contribution >= 4 is 5.95 Å². The van der Waals surface area contributed by atoms with Gasteiger partial charge < -0.3 is 4.90 Å². The molecule has 1 aromatic rings. The van der Waals surface area contributed by atoms with Gasteiger partial charge in [0.1, 0.15) is 6.04 Å². The molecule has 0 aromatic carbocycles. The molecule has 1 unspecified atom stereocenters. The van der Waals surface area contributed by atoms with Gasteiger partial charge in [-0.2, -0.15) is 13.2 Å². The van der Waals surface area contributed by atoms with Gasteiger partial charge in [0.05, 0.1) is 0 Å². The van der Waals surface area contributed by atoms with Crippen LogP contribution in [0.1, 0.15) is 6.42 Å². The van der Waals surface area contributed by atoms with E-state index in [4.69, 9.17) is 0 Å². The first-order valence-electron chi connectivity index (χ1n) is 4.19. The molecule has 0 aliphatic carbocycles. The van der Waals surface area contributed by atoms with Crippen LogP contribution in [-0.4, -0.2) is 28.7 Å². The Morgan fingerprint density at radius 3 is 2.36 bits per heavy atom. The van der Waals surface area contributed by atoms with E-state index in [1.165, 1.54) is 17.3 Å². The Kier molecular flexibility index (Phi) is 2.05. The minimum absolute atomic E-state index is 0.127. The maximum absolute atomic E-state index is 12.3. The number of halogens is 3. The number of nitrogens with zero attached hydrogens (tertiary/aromatic N) is 3. The average molecular weight is 203 g/mol. The summed E-state index contributed by atoms with van der Waals surface area (Å²) in [6.45, 7) is 0.369. The third-order valence-electron chi connectivity index (χ3n) is 2.21. The molecule has 1 saturated heterocycles. The van der Waals surface area contributed by atoms with Gasteiger partial charge in [-0.15, -0.1) is 0 Å². The molecular formula is C8H8F3N3. The average Bonchev–Trinajstić information content (AvgIpc) is 2.00. The highest BCUT2D eigenvalue weighted by Gasteiger charge is 2.49. The molecule has 0 saturated carbocycles. The number of anilines is 1. The summed E-state index contributed by atoms with van der Waals surface area (Å²) in [6.07, 6.45) is -1.18. The van der Waals surface area contributed by atoms with Crippen molar-refractivity contribution in [3.63, 3.8) is 0 Å². The lowest BCUT2D eigenvalue weighted by molar-refractivity contribution is -0.160. The summed E-state index contributed by atoms with van der Waals surface area (Å²) < 4.78 is 37.0. The Labute approximate surface area is 78.6 Å². The Morgan fingerprint density at radius 2 is 1.93 bits per heavy atom. The van der Waals surface area contributed by atoms with Crippen LogP contribution in [0.5, 0.6) is 0 Å². The van der Waals surface area contributed by atoms with E-state index in [2.05, 4.69) is 9.97 Å². The summed E-state index contributed by atoms with van der Waals surface area (Å²) in [5.41, 5.74) is 0. The van der Waals surface area contributed by atoms with Crippen LogP contribution >= 0.6 is 0 Å². The Balaban J connectivity index is 2.15. The lowest BCUT2D eigenvalue weighted by Gasteiger charge is -2.41. The molecule has 3 nitrogen and oxygen atoms in total. The first kappa shape index (κ1) is 9.23. The molecule has 1 aliphatic heterocycles. The number of hydrogen-bond donors (Lipinski definition) is 0. The van der Waals surface area contributed by atoms with Crippen molar-refractivity contribution in [2.75, 3.05) is 11.4 Å². The van der Waals surface area contributed by atoms with Crippen LogP contribution in [0.15, 0.2) is 18.5 Å². The standard InChI is InChI=1S/C8H8F3N3/c9-8(10,11)6-2-5-14(6)7-12-3-1-4-13-7/h1,3-4,6H,2,5H2. The summed E-state index contributed by atoms with van der Waals surface area (Å²) in [7, 11) is 0. The van der Waals surface area contributed by atoms with Crippen molar-refractivity contribution in [1.29, 1.82) is 0 Å². The van der Waals surface area contributed by atoms with Crippen LogP contribution in [0.25, 0.3) is 0 Å². The maximum atomic E-state index is 12.3. The van der Waals surface area contributed by atoms with Gasteiger partial charge in [-0.1, -0.05) is 0 Å². The van der Waals surface area contributed by atoms with E-state index >= 15 is 0 Å². The molecule has 1 aliphatic rings. The fraction of sp³-hybridized carbons (Fsp3) is 0.500. The molecule has 2 heterocycles. The SMILES string of the molecule is FC(F)(F)C1CCN1c1ncccn1. The second-order valence-corrected chi connectivity index (χ2v) is 3.09. The van der Waals surface area contributed by atoms with Crippen molar-refractivity contribution in [3.8, 4) is 0 Å². The van der Waals surface area contributed by atoms with E-state index in [9.17, 15) is 13.2 Å². The van der Waals surface area contributed by atoms with Crippen LogP contribution in [-0.2, 0) is 0 Å². The summed E-state index contributed by atoms with van der Waals surface area (Å²) in [4.78, 5) is 8.73. The molecule has 6 heteroatoms. The molecule has 14 heavy (non-hydrogen) atoms. The van der Waals surface area contributed by atoms with E-state index in [1.54, 1.807) is 6.07 Å². The normalized spacial score (nSPS) is 21.9. The van der Waals surface area contributed by atoms with Crippen molar-refractivity contribution < 1.29 is 13.2 Å². The second-order valence-electron chi connectivity index (χ2n) is 3.09. The van der Waals surface area contributed by atoms with Gasteiger partial charge in [0, 0.05) is 18.9 Å². The van der Waals surface area contributed by atoms with Gasteiger partial charge in [-0.05, 0) is 12.5 Å². The lowest BCUT2D eigenvalue weighted by atomic mass is 10.0. The molecule has 1 atom stereocenters. The van der Waals surface area contributed by atoms with Crippen LogP contribution < -0.4 is 4.90 Å². The highest BCUT2D eigenvalue weighted by Crippen LogP contribution is 2.35. The Bertz CT molecular complexity index is 311. The zero-order valence-corrected chi connectivity index (χ0v) is 7.20. The van der Waals surface area contributed by atoms with Gasteiger partial charge in [0.15, 0.2) is 0 Å². The van der Waals surface area contributed by atoms with Crippen molar-refractivity contribution in [1.82, 2.24) is 9.97 Å². The highest BCUT2D eigenvalue weighted by molar-refractivity contribution is 5.35. The van der Waals surface area contributed by atoms with E-state index in [0.717, 1.165) is 0 Å². The third kappa shape index (κ3) is 1.51. The summed E-state index contributed by atoms with van der Waals surface area (Å²) in [5, 5.41) is 0. The van der Waals surface area contributed by atoms with Crippen LogP contribution in [0, 0.1) is 0 Å². The van der Waals surface area contributed by atoms with E-state index < -0.39 is 12.2 Å². The lowest BCUT2D eigenvalue weighted by Crippen LogP contribution is -2.56. The second kappa shape index (κ2) is 3.11. The zero-order valence-electron chi connectivity index (χ0n) is 7.20. The van der Waals surface area contributed by atoms with Gasteiger partial charge in [-0.25, -0.2) is 9.97 Å². The molecule has 1 aromatic heterocycles. The van der Waals surface area contributed by atoms with Crippen LogP contribution in [0.3, 0.4) is 0 Å². The monoisotopic (exact) mass is 203 g/mol. The molecule has 0 bridgehead atoms. The first-order valence-corrected chi connectivity index (χ1v) is 4.19. The summed E-state index contributed by atoms with van der Waals surface area (Å²) in [6, 6.07) is 0.163. The van der Waals surface area contributed by atoms with Gasteiger partial charge >= 0.3 is 6.18 Å². The number of alkyl halides is 3. The summed E-state index contributed by atoms with van der Waals surface area (Å²) >= 11 is 0. The van der Waals surface area contributed by atoms with Crippen molar-refractivity contribution in [2.45, 2.75) is 18.6 Å². The third-order valence-corrected chi connectivity index (χ3v) is 2.21. The van der Waals surface area contributed by atoms with Gasteiger partial charge in [0.2, 0.25) is 5.95 Å². The molecule has 2 rings (SSSR count). The Hall–Kier alpha value is -1.33. The molecule has 76 valence electrons. The minimum atomic E-state index is -4.18. The highest BCUT2D eigenvalue weighted by atomic mass is 19.4. The fourth-order valence-corrected chi connectivity index (χ4v) is 1.41. The molecule has 0 radical (unpaired) electrons. The predicted octanol–water partition coefficient (Wildman–Crippen LogP) is 1.62. The van der Waals surface area contributed by atoms with Crippen LogP contribution in [0.2, 0.25) is 0 Å². The quantitative estimate of drug-likeness (QED) is 0.694. The molecule has 0 N–H and O–H groups in total. The van der Waals surface area contributed by atoms with E-state index in [0.29, 0.717) is 6.54 Å². The van der Waals surface area contributed by atoms with Gasteiger partial charge in [-0.3, -0.25) is 0 Å². The smallest absolute Gasteiger partial charge is 0.329 e. The number of hydrogen-bond acceptors (Lipinski definition) is 3. The molecule has 1 fully saturated rings. The van der Waals surface area contributed by atoms with E-state index in [-0.39, 0.29) is 12.4 Å². The largest absolute Gasteiger partial charge is 0.408 e. The topological polar surface area (TPSA) is 29.0 Å². The van der Waals surface area contributed by atoms with Crippen LogP contribution in [0.4, 0.5) is 19.1 Å². The van der Waals surface area contributed by atoms with Crippen molar-refractivity contribution in [2.24, 2.45) is 0 Å². The predicted molar refractivity (Wildman–Crippen MR) is 43.8 cm³/mol. The summed E-state index contributed by atoms with van der Waals surface area (Å²) in [5.74, 6) is 0.154. The fourth-order valence-electron chi connectivity index (χ4n) is 1.41. The molecule has 0 amide bonds. The Morgan fingerprint density at radius 1 is 1.29 bits per heavy atom. The van der Waals surface area contributed by atoms with Gasteiger partial charge in [0.25, 0.3) is 0 Å². The minimum Gasteiger partial charge on any atom is -0.329 e. The van der Waals surface area contributed by atoms with Crippen molar-refractivity contribution in [3.05, 3.63) is 18.5 Å². The first-order chi connectivity index (χ1) is 6.59.